The SMILES string of the molecule is Cc1cc(-c2ccncc2)nn1CCNC(=O)c1cccc2ccccc12. The Morgan fingerprint density at radius 3 is 2.67 bits per heavy atom. The fourth-order valence-corrected chi connectivity index (χ4v) is 3.19. The van der Waals surface area contributed by atoms with Gasteiger partial charge in [-0.1, -0.05) is 36.4 Å². The zero-order valence-corrected chi connectivity index (χ0v) is 15.1. The maximum atomic E-state index is 12.6. The lowest BCUT2D eigenvalue weighted by molar-refractivity contribution is 0.0953. The highest BCUT2D eigenvalue weighted by Gasteiger charge is 2.10. The zero-order chi connectivity index (χ0) is 18.6. The van der Waals surface area contributed by atoms with Crippen LogP contribution in [0.5, 0.6) is 0 Å². The van der Waals surface area contributed by atoms with Crippen LogP contribution in [0.15, 0.2) is 73.1 Å². The van der Waals surface area contributed by atoms with Gasteiger partial charge in [-0.15, -0.1) is 0 Å². The number of benzene rings is 2. The van der Waals surface area contributed by atoms with E-state index in [1.807, 2.05) is 72.3 Å². The number of pyridine rings is 1. The summed E-state index contributed by atoms with van der Waals surface area (Å²) in [5.74, 6) is -0.0639. The van der Waals surface area contributed by atoms with Crippen molar-refractivity contribution < 1.29 is 4.79 Å². The second kappa shape index (κ2) is 7.41. The lowest BCUT2D eigenvalue weighted by Crippen LogP contribution is -2.28. The van der Waals surface area contributed by atoms with E-state index in [9.17, 15) is 4.79 Å². The second-order valence-electron chi connectivity index (χ2n) is 6.41. The Kier molecular flexibility index (Phi) is 4.66. The number of amides is 1. The molecule has 0 spiro atoms. The summed E-state index contributed by atoms with van der Waals surface area (Å²) in [7, 11) is 0. The summed E-state index contributed by atoms with van der Waals surface area (Å²) in [6.45, 7) is 3.15. The molecular weight excluding hydrogens is 336 g/mol. The van der Waals surface area contributed by atoms with E-state index >= 15 is 0 Å². The minimum absolute atomic E-state index is 0.0639. The van der Waals surface area contributed by atoms with Gasteiger partial charge >= 0.3 is 0 Å². The monoisotopic (exact) mass is 356 g/mol. The molecule has 1 N–H and O–H groups in total. The number of nitrogens with zero attached hydrogens (tertiary/aromatic N) is 3. The fraction of sp³-hybridized carbons (Fsp3) is 0.136. The topological polar surface area (TPSA) is 59.8 Å². The number of nitrogens with one attached hydrogen (secondary N) is 1. The molecule has 0 bridgehead atoms. The Morgan fingerprint density at radius 1 is 1.04 bits per heavy atom. The van der Waals surface area contributed by atoms with Crippen molar-refractivity contribution in [2.75, 3.05) is 6.54 Å². The summed E-state index contributed by atoms with van der Waals surface area (Å²) in [6, 6.07) is 19.6. The lowest BCUT2D eigenvalue weighted by atomic mass is 10.0. The molecule has 5 nitrogen and oxygen atoms in total. The normalized spacial score (nSPS) is 10.9. The van der Waals surface area contributed by atoms with E-state index in [4.69, 9.17) is 0 Å². The van der Waals surface area contributed by atoms with Gasteiger partial charge in [0.25, 0.3) is 5.91 Å². The molecule has 2 aromatic heterocycles. The van der Waals surface area contributed by atoms with Crippen LogP contribution in [-0.2, 0) is 6.54 Å². The van der Waals surface area contributed by atoms with Gasteiger partial charge in [0.15, 0.2) is 0 Å². The highest BCUT2D eigenvalue weighted by Crippen LogP contribution is 2.19. The lowest BCUT2D eigenvalue weighted by Gasteiger charge is -2.09. The van der Waals surface area contributed by atoms with Gasteiger partial charge in [-0.2, -0.15) is 5.10 Å². The molecule has 134 valence electrons. The molecule has 2 aromatic carbocycles. The number of hydrogen-bond donors (Lipinski definition) is 1. The van der Waals surface area contributed by atoms with Gasteiger partial charge in [0.05, 0.1) is 12.2 Å². The van der Waals surface area contributed by atoms with Crippen LogP contribution in [-0.4, -0.2) is 27.2 Å². The first-order valence-electron chi connectivity index (χ1n) is 8.93. The number of aryl methyl sites for hydroxylation is 1. The molecule has 0 aliphatic carbocycles. The van der Waals surface area contributed by atoms with Gasteiger partial charge < -0.3 is 5.32 Å². The van der Waals surface area contributed by atoms with Gasteiger partial charge in [0, 0.05) is 35.8 Å². The Balaban J connectivity index is 1.44. The van der Waals surface area contributed by atoms with E-state index < -0.39 is 0 Å². The predicted molar refractivity (Wildman–Crippen MR) is 106 cm³/mol. The number of carbonyl (C=O) groups is 1. The molecule has 0 unspecified atom stereocenters. The number of rotatable bonds is 5. The van der Waals surface area contributed by atoms with Gasteiger partial charge in [0.1, 0.15) is 0 Å². The van der Waals surface area contributed by atoms with Crippen molar-refractivity contribution in [3.05, 3.63) is 84.3 Å². The summed E-state index contributed by atoms with van der Waals surface area (Å²) in [5, 5.41) is 9.67. The Labute approximate surface area is 157 Å². The van der Waals surface area contributed by atoms with E-state index in [-0.39, 0.29) is 5.91 Å². The van der Waals surface area contributed by atoms with Crippen molar-refractivity contribution in [2.45, 2.75) is 13.5 Å². The maximum Gasteiger partial charge on any atom is 0.251 e. The summed E-state index contributed by atoms with van der Waals surface area (Å²) < 4.78 is 1.92. The minimum atomic E-state index is -0.0639. The molecule has 4 rings (SSSR count). The number of carbonyl (C=O) groups excluding carboxylic acids is 1. The molecule has 1 amide bonds. The Bertz CT molecular complexity index is 1080. The number of aromatic nitrogens is 3. The molecule has 0 saturated carbocycles. The molecule has 2 heterocycles. The largest absolute Gasteiger partial charge is 0.350 e. The highest BCUT2D eigenvalue weighted by atomic mass is 16.1. The van der Waals surface area contributed by atoms with Crippen LogP contribution in [0.25, 0.3) is 22.0 Å². The molecule has 0 radical (unpaired) electrons. The van der Waals surface area contributed by atoms with Crippen LogP contribution < -0.4 is 5.32 Å². The average molecular weight is 356 g/mol. The second-order valence-corrected chi connectivity index (χ2v) is 6.41. The average Bonchev–Trinajstić information content (AvgIpc) is 3.09. The van der Waals surface area contributed by atoms with Gasteiger partial charge in [-0.05, 0) is 42.0 Å². The van der Waals surface area contributed by atoms with E-state index in [2.05, 4.69) is 15.4 Å². The van der Waals surface area contributed by atoms with E-state index in [1.54, 1.807) is 12.4 Å². The smallest absolute Gasteiger partial charge is 0.251 e. The molecule has 4 aromatic rings. The Hall–Kier alpha value is -3.47. The van der Waals surface area contributed by atoms with Crippen LogP contribution in [0.2, 0.25) is 0 Å². The molecule has 27 heavy (non-hydrogen) atoms. The number of fused-ring (bicyclic) bond motifs is 1. The van der Waals surface area contributed by atoms with Crippen molar-refractivity contribution >= 4 is 16.7 Å². The first kappa shape index (κ1) is 17.0. The predicted octanol–water partition coefficient (Wildman–Crippen LogP) is 3.84. The summed E-state index contributed by atoms with van der Waals surface area (Å²) in [4.78, 5) is 16.7. The minimum Gasteiger partial charge on any atom is -0.350 e. The van der Waals surface area contributed by atoms with Crippen molar-refractivity contribution in [1.29, 1.82) is 0 Å². The standard InChI is InChI=1S/C22H20N4O/c1-16-15-21(18-9-11-23-12-10-18)25-26(16)14-13-24-22(27)20-8-4-6-17-5-2-3-7-19(17)20/h2-12,15H,13-14H2,1H3,(H,24,27). The summed E-state index contributed by atoms with van der Waals surface area (Å²) in [6.07, 6.45) is 3.52. The molecule has 0 fully saturated rings. The van der Waals surface area contributed by atoms with Gasteiger partial charge in [-0.3, -0.25) is 14.5 Å². The molecule has 0 atom stereocenters. The zero-order valence-electron chi connectivity index (χ0n) is 15.1. The highest BCUT2D eigenvalue weighted by molar-refractivity contribution is 6.06. The first-order valence-corrected chi connectivity index (χ1v) is 8.93. The van der Waals surface area contributed by atoms with Crippen molar-refractivity contribution in [1.82, 2.24) is 20.1 Å². The van der Waals surface area contributed by atoms with Gasteiger partial charge in [-0.25, -0.2) is 0 Å². The van der Waals surface area contributed by atoms with E-state index in [1.165, 1.54) is 0 Å². The molecule has 5 heteroatoms. The third-order valence-electron chi connectivity index (χ3n) is 4.60. The third kappa shape index (κ3) is 3.58. The van der Waals surface area contributed by atoms with Crippen LogP contribution in [0.3, 0.4) is 0 Å². The van der Waals surface area contributed by atoms with Crippen molar-refractivity contribution in [2.24, 2.45) is 0 Å². The van der Waals surface area contributed by atoms with E-state index in [0.29, 0.717) is 18.7 Å². The first-order chi connectivity index (χ1) is 13.2. The molecule has 0 aliphatic heterocycles. The fourth-order valence-electron chi connectivity index (χ4n) is 3.19. The molecule has 0 aliphatic rings. The molecule has 0 saturated heterocycles. The van der Waals surface area contributed by atoms with Crippen molar-refractivity contribution in [3.8, 4) is 11.3 Å². The van der Waals surface area contributed by atoms with Crippen LogP contribution in [0.1, 0.15) is 16.1 Å². The summed E-state index contributed by atoms with van der Waals surface area (Å²) >= 11 is 0. The maximum absolute atomic E-state index is 12.6. The van der Waals surface area contributed by atoms with Crippen molar-refractivity contribution in [3.63, 3.8) is 0 Å². The third-order valence-corrected chi connectivity index (χ3v) is 4.60. The van der Waals surface area contributed by atoms with Crippen LogP contribution >= 0.6 is 0 Å². The quantitative estimate of drug-likeness (QED) is 0.591. The van der Waals surface area contributed by atoms with Crippen LogP contribution in [0.4, 0.5) is 0 Å². The Morgan fingerprint density at radius 2 is 1.81 bits per heavy atom. The summed E-state index contributed by atoms with van der Waals surface area (Å²) in [5.41, 5.74) is 3.70. The van der Waals surface area contributed by atoms with E-state index in [0.717, 1.165) is 27.7 Å². The number of hydrogen-bond acceptors (Lipinski definition) is 3. The molecular formula is C22H20N4O. The van der Waals surface area contributed by atoms with Crippen LogP contribution in [0, 0.1) is 6.92 Å². The van der Waals surface area contributed by atoms with Gasteiger partial charge in [0.2, 0.25) is 0 Å².